The molecule has 5 heteroatoms. The molecule has 0 bridgehead atoms. The number of carbonyl (C=O) groups excluding carboxylic acids is 1. The fourth-order valence-corrected chi connectivity index (χ4v) is 2.56. The van der Waals surface area contributed by atoms with Gasteiger partial charge in [0, 0.05) is 11.3 Å². The van der Waals surface area contributed by atoms with Crippen molar-refractivity contribution in [3.05, 3.63) is 63.7 Å². The van der Waals surface area contributed by atoms with Crippen LogP contribution in [0.2, 0.25) is 0 Å². The lowest BCUT2D eigenvalue weighted by molar-refractivity contribution is -0.115. The van der Waals surface area contributed by atoms with E-state index in [4.69, 9.17) is 0 Å². The Hall–Kier alpha value is -2.27. The zero-order valence-electron chi connectivity index (χ0n) is 10.5. The number of benzene rings is 1. The number of aliphatic imine (C=N–C) groups is 1. The van der Waals surface area contributed by atoms with E-state index in [1.165, 1.54) is 12.1 Å². The molecule has 3 nitrogen and oxygen atoms in total. The maximum Gasteiger partial charge on any atom is 0.275 e. The first-order valence-electron chi connectivity index (χ1n) is 6.09. The van der Waals surface area contributed by atoms with Gasteiger partial charge < -0.3 is 5.32 Å². The molecular weight excluding hydrogens is 275 g/mol. The molecule has 1 aliphatic heterocycles. The lowest BCUT2D eigenvalue weighted by Crippen LogP contribution is -2.25. The third-order valence-electron chi connectivity index (χ3n) is 2.85. The third kappa shape index (κ3) is 2.83. The molecule has 1 aliphatic rings. The van der Waals surface area contributed by atoms with Crippen molar-refractivity contribution >= 4 is 29.2 Å². The molecule has 0 saturated heterocycles. The molecule has 1 N–H and O–H groups in total. The quantitative estimate of drug-likeness (QED) is 0.866. The summed E-state index contributed by atoms with van der Waals surface area (Å²) in [6.07, 6.45) is 2.24. The predicted molar refractivity (Wildman–Crippen MR) is 78.0 cm³/mol. The second kappa shape index (κ2) is 5.38. The first kappa shape index (κ1) is 12.7. The first-order valence-corrected chi connectivity index (χ1v) is 6.97. The van der Waals surface area contributed by atoms with Gasteiger partial charge in [0.15, 0.2) is 0 Å². The maximum atomic E-state index is 12.8. The van der Waals surface area contributed by atoms with Crippen LogP contribution in [0.3, 0.4) is 0 Å². The Morgan fingerprint density at radius 1 is 1.25 bits per heavy atom. The zero-order chi connectivity index (χ0) is 13.9. The first-order chi connectivity index (χ1) is 9.70. The van der Waals surface area contributed by atoms with E-state index in [1.807, 2.05) is 17.5 Å². The second-order valence-electron chi connectivity index (χ2n) is 4.36. The van der Waals surface area contributed by atoms with Crippen LogP contribution in [0.1, 0.15) is 10.4 Å². The largest absolute Gasteiger partial charge is 0.308 e. The summed E-state index contributed by atoms with van der Waals surface area (Å²) in [6, 6.07) is 10.0. The number of thiophene rings is 1. The Bertz CT molecular complexity index is 687. The molecule has 3 rings (SSSR count). The molecular formula is C15H11FN2OS. The number of amidine groups is 1. The highest BCUT2D eigenvalue weighted by atomic mass is 32.1. The average Bonchev–Trinajstić information content (AvgIpc) is 3.04. The minimum Gasteiger partial charge on any atom is -0.308 e. The topological polar surface area (TPSA) is 41.5 Å². The zero-order valence-corrected chi connectivity index (χ0v) is 11.3. The number of rotatable bonds is 3. The molecule has 1 amide bonds. The Morgan fingerprint density at radius 2 is 2.05 bits per heavy atom. The SMILES string of the molecule is O=C1NC(Cc2ccc(F)cc2)=N/C1=C/c1cccs1. The van der Waals surface area contributed by atoms with Crippen LogP contribution >= 0.6 is 11.3 Å². The summed E-state index contributed by atoms with van der Waals surface area (Å²) >= 11 is 1.55. The molecule has 0 spiro atoms. The molecule has 1 aromatic carbocycles. The van der Waals surface area contributed by atoms with E-state index in [1.54, 1.807) is 29.5 Å². The van der Waals surface area contributed by atoms with Crippen molar-refractivity contribution in [2.45, 2.75) is 6.42 Å². The summed E-state index contributed by atoms with van der Waals surface area (Å²) in [5.41, 5.74) is 1.31. The molecule has 2 heterocycles. The number of hydrogen-bond acceptors (Lipinski definition) is 3. The maximum absolute atomic E-state index is 12.8. The van der Waals surface area contributed by atoms with Gasteiger partial charge in [0.05, 0.1) is 0 Å². The van der Waals surface area contributed by atoms with Crippen LogP contribution in [0, 0.1) is 5.82 Å². The molecule has 0 radical (unpaired) electrons. The van der Waals surface area contributed by atoms with Gasteiger partial charge in [-0.15, -0.1) is 11.3 Å². The van der Waals surface area contributed by atoms with Crippen LogP contribution in [-0.2, 0) is 11.2 Å². The van der Waals surface area contributed by atoms with Crippen LogP contribution in [0.4, 0.5) is 4.39 Å². The monoisotopic (exact) mass is 286 g/mol. The van der Waals surface area contributed by atoms with Crippen LogP contribution in [0.15, 0.2) is 52.5 Å². The van der Waals surface area contributed by atoms with Gasteiger partial charge in [0.25, 0.3) is 5.91 Å². The number of halogens is 1. The van der Waals surface area contributed by atoms with Crippen molar-refractivity contribution < 1.29 is 9.18 Å². The van der Waals surface area contributed by atoms with Crippen LogP contribution in [0.25, 0.3) is 6.08 Å². The molecule has 2 aromatic rings. The smallest absolute Gasteiger partial charge is 0.275 e. The number of hydrogen-bond donors (Lipinski definition) is 1. The van der Waals surface area contributed by atoms with E-state index in [-0.39, 0.29) is 11.7 Å². The highest BCUT2D eigenvalue weighted by molar-refractivity contribution is 7.10. The van der Waals surface area contributed by atoms with E-state index in [0.29, 0.717) is 18.0 Å². The lowest BCUT2D eigenvalue weighted by Gasteiger charge is -2.00. The average molecular weight is 286 g/mol. The van der Waals surface area contributed by atoms with Crippen LogP contribution in [-0.4, -0.2) is 11.7 Å². The molecule has 0 aliphatic carbocycles. The van der Waals surface area contributed by atoms with E-state index in [2.05, 4.69) is 10.3 Å². The molecule has 0 saturated carbocycles. The van der Waals surface area contributed by atoms with Crippen molar-refractivity contribution in [3.8, 4) is 0 Å². The van der Waals surface area contributed by atoms with Gasteiger partial charge in [-0.25, -0.2) is 9.38 Å². The Morgan fingerprint density at radius 3 is 2.75 bits per heavy atom. The van der Waals surface area contributed by atoms with Gasteiger partial charge >= 0.3 is 0 Å². The highest BCUT2D eigenvalue weighted by Gasteiger charge is 2.19. The normalized spacial score (nSPS) is 16.4. The summed E-state index contributed by atoms with van der Waals surface area (Å²) in [4.78, 5) is 17.1. The second-order valence-corrected chi connectivity index (χ2v) is 5.34. The highest BCUT2D eigenvalue weighted by Crippen LogP contribution is 2.17. The fourth-order valence-electron chi connectivity index (χ4n) is 1.90. The van der Waals surface area contributed by atoms with Crippen molar-refractivity contribution in [1.82, 2.24) is 5.32 Å². The van der Waals surface area contributed by atoms with Crippen molar-refractivity contribution in [1.29, 1.82) is 0 Å². The van der Waals surface area contributed by atoms with Crippen molar-refractivity contribution in [2.24, 2.45) is 4.99 Å². The molecule has 20 heavy (non-hydrogen) atoms. The molecule has 0 atom stereocenters. The minimum atomic E-state index is -0.274. The number of nitrogens with zero attached hydrogens (tertiary/aromatic N) is 1. The van der Waals surface area contributed by atoms with Gasteiger partial charge in [0.1, 0.15) is 17.3 Å². The van der Waals surface area contributed by atoms with E-state index >= 15 is 0 Å². The van der Waals surface area contributed by atoms with Gasteiger partial charge in [-0.1, -0.05) is 18.2 Å². The summed E-state index contributed by atoms with van der Waals surface area (Å²) < 4.78 is 12.8. The Balaban J connectivity index is 1.78. The lowest BCUT2D eigenvalue weighted by atomic mass is 10.1. The van der Waals surface area contributed by atoms with Crippen molar-refractivity contribution in [2.75, 3.05) is 0 Å². The third-order valence-corrected chi connectivity index (χ3v) is 3.67. The number of carbonyl (C=O) groups is 1. The fraction of sp³-hybridized carbons (Fsp3) is 0.0667. The van der Waals surface area contributed by atoms with E-state index in [9.17, 15) is 9.18 Å². The summed E-state index contributed by atoms with van der Waals surface area (Å²) in [5, 5.41) is 4.68. The number of amides is 1. The Labute approximate surface area is 119 Å². The van der Waals surface area contributed by atoms with E-state index < -0.39 is 0 Å². The van der Waals surface area contributed by atoms with E-state index in [0.717, 1.165) is 10.4 Å². The molecule has 0 unspecified atom stereocenters. The number of nitrogens with one attached hydrogen (secondary N) is 1. The van der Waals surface area contributed by atoms with Crippen LogP contribution < -0.4 is 5.32 Å². The van der Waals surface area contributed by atoms with Crippen molar-refractivity contribution in [3.63, 3.8) is 0 Å². The van der Waals surface area contributed by atoms with Gasteiger partial charge in [0.2, 0.25) is 0 Å². The van der Waals surface area contributed by atoms with Gasteiger partial charge in [-0.3, -0.25) is 4.79 Å². The predicted octanol–water partition coefficient (Wildman–Crippen LogP) is 3.00. The minimum absolute atomic E-state index is 0.199. The molecule has 0 fully saturated rings. The summed E-state index contributed by atoms with van der Waals surface area (Å²) in [7, 11) is 0. The summed E-state index contributed by atoms with van der Waals surface area (Å²) in [6.45, 7) is 0. The standard InChI is InChI=1S/C15H11FN2OS/c16-11-5-3-10(4-6-11)8-14-17-13(15(19)18-14)9-12-2-1-7-20-12/h1-7,9H,8H2,(H,17,18,19)/b13-9+. The molecule has 100 valence electrons. The molecule has 1 aromatic heterocycles. The van der Waals surface area contributed by atoms with Gasteiger partial charge in [-0.2, -0.15) is 0 Å². The van der Waals surface area contributed by atoms with Gasteiger partial charge in [-0.05, 0) is 35.2 Å². The van der Waals surface area contributed by atoms with Crippen LogP contribution in [0.5, 0.6) is 0 Å². The Kier molecular flexibility index (Phi) is 3.43. The summed E-state index contributed by atoms with van der Waals surface area (Å²) in [5.74, 6) is 0.115.